The zero-order valence-corrected chi connectivity index (χ0v) is 4.83. The lowest BCUT2D eigenvalue weighted by atomic mass is 10.4. The molecule has 4 nitrogen and oxygen atoms in total. The van der Waals surface area contributed by atoms with Crippen molar-refractivity contribution < 1.29 is 0 Å². The van der Waals surface area contributed by atoms with Gasteiger partial charge in [-0.15, -0.1) is 0 Å². The highest BCUT2D eigenvalue weighted by Gasteiger charge is 1.90. The molecule has 1 rings (SSSR count). The molecule has 0 aliphatic rings. The Balaban J connectivity index is 3.01. The average Bonchev–Trinajstić information content (AvgIpc) is 1.89. The van der Waals surface area contributed by atoms with Crippen LogP contribution >= 0.6 is 0 Å². The molecule has 0 unspecified atom stereocenters. The summed E-state index contributed by atoms with van der Waals surface area (Å²) in [4.78, 5) is 3.77. The highest BCUT2D eigenvalue weighted by molar-refractivity contribution is 5.63. The maximum Gasteiger partial charge on any atom is 0.0749 e. The Kier molecular flexibility index (Phi) is 1.51. The van der Waals surface area contributed by atoms with E-state index in [1.807, 2.05) is 0 Å². The molecule has 0 radical (unpaired) electrons. The lowest BCUT2D eigenvalue weighted by Gasteiger charge is -2.00. The quantitative estimate of drug-likeness (QED) is 0.362. The first kappa shape index (κ1) is 5.84. The van der Waals surface area contributed by atoms with E-state index in [4.69, 9.17) is 11.6 Å². The van der Waals surface area contributed by atoms with Crippen molar-refractivity contribution in [2.75, 3.05) is 11.2 Å². The van der Waals surface area contributed by atoms with Crippen molar-refractivity contribution in [2.24, 2.45) is 5.84 Å². The second kappa shape index (κ2) is 2.32. The molecule has 48 valence electrons. The summed E-state index contributed by atoms with van der Waals surface area (Å²) in [5.41, 5.74) is 9.11. The second-order valence-corrected chi connectivity index (χ2v) is 1.61. The van der Waals surface area contributed by atoms with Crippen LogP contribution < -0.4 is 17.0 Å². The van der Waals surface area contributed by atoms with Gasteiger partial charge in [0, 0.05) is 6.20 Å². The fourth-order valence-corrected chi connectivity index (χ4v) is 0.538. The van der Waals surface area contributed by atoms with Crippen LogP contribution in [0, 0.1) is 0 Å². The van der Waals surface area contributed by atoms with Crippen LogP contribution in [0.3, 0.4) is 0 Å². The Morgan fingerprint density at radius 3 is 2.78 bits per heavy atom. The van der Waals surface area contributed by atoms with E-state index in [1.54, 1.807) is 12.3 Å². The van der Waals surface area contributed by atoms with E-state index >= 15 is 0 Å². The number of pyridine rings is 1. The molecule has 0 atom stereocenters. The lowest BCUT2D eigenvalue weighted by molar-refractivity contribution is 1.29. The lowest BCUT2D eigenvalue weighted by Crippen LogP contribution is -2.08. The van der Waals surface area contributed by atoms with Crippen molar-refractivity contribution in [3.8, 4) is 0 Å². The molecule has 5 N–H and O–H groups in total. The van der Waals surface area contributed by atoms with Crippen LogP contribution in [-0.4, -0.2) is 4.98 Å². The molecule has 1 aromatic rings. The smallest absolute Gasteiger partial charge is 0.0749 e. The number of nitrogens with one attached hydrogen (secondary N) is 1. The molecule has 0 saturated heterocycles. The van der Waals surface area contributed by atoms with Crippen molar-refractivity contribution in [1.29, 1.82) is 0 Å². The van der Waals surface area contributed by atoms with E-state index in [1.165, 1.54) is 6.20 Å². The summed E-state index contributed by atoms with van der Waals surface area (Å²) in [6.45, 7) is 0. The number of nitrogens with zero attached hydrogens (tertiary/aromatic N) is 1. The minimum Gasteiger partial charge on any atom is -0.396 e. The fraction of sp³-hybridized carbons (Fsp3) is 0. The normalized spacial score (nSPS) is 9.00. The fourth-order valence-electron chi connectivity index (χ4n) is 0.538. The van der Waals surface area contributed by atoms with Crippen LogP contribution in [0.5, 0.6) is 0 Å². The SMILES string of the molecule is NNc1ccncc1N. The molecule has 1 aromatic heterocycles. The van der Waals surface area contributed by atoms with Crippen LogP contribution in [0.15, 0.2) is 18.5 Å². The van der Waals surface area contributed by atoms with Gasteiger partial charge in [-0.3, -0.25) is 10.8 Å². The Hall–Kier alpha value is -1.29. The first-order valence-electron chi connectivity index (χ1n) is 2.50. The standard InChI is InChI=1S/C5H8N4/c6-4-3-8-2-1-5(4)9-7/h1-3H,6-7H2,(H,8,9). The second-order valence-electron chi connectivity index (χ2n) is 1.61. The maximum absolute atomic E-state index is 5.43. The van der Waals surface area contributed by atoms with E-state index < -0.39 is 0 Å². The van der Waals surface area contributed by atoms with Gasteiger partial charge < -0.3 is 11.2 Å². The van der Waals surface area contributed by atoms with Gasteiger partial charge in [-0.1, -0.05) is 0 Å². The highest BCUT2D eigenvalue weighted by atomic mass is 15.2. The molecule has 9 heavy (non-hydrogen) atoms. The minimum atomic E-state index is 0.556. The summed E-state index contributed by atoms with van der Waals surface area (Å²) in [6.07, 6.45) is 3.15. The number of hydrazine groups is 1. The van der Waals surface area contributed by atoms with E-state index in [0.29, 0.717) is 11.4 Å². The number of hydrogen-bond acceptors (Lipinski definition) is 4. The largest absolute Gasteiger partial charge is 0.396 e. The van der Waals surface area contributed by atoms with Gasteiger partial charge in [0.15, 0.2) is 0 Å². The van der Waals surface area contributed by atoms with E-state index in [9.17, 15) is 0 Å². The molecular formula is C5H8N4. The van der Waals surface area contributed by atoms with Crippen LogP contribution in [0.4, 0.5) is 11.4 Å². The van der Waals surface area contributed by atoms with E-state index in [2.05, 4.69) is 10.4 Å². The van der Waals surface area contributed by atoms with Crippen molar-refractivity contribution in [3.05, 3.63) is 18.5 Å². The maximum atomic E-state index is 5.43. The molecule has 0 bridgehead atoms. The molecule has 0 fully saturated rings. The highest BCUT2D eigenvalue weighted by Crippen LogP contribution is 2.12. The molecular weight excluding hydrogens is 116 g/mol. The molecule has 0 aliphatic heterocycles. The van der Waals surface area contributed by atoms with Gasteiger partial charge in [0.2, 0.25) is 0 Å². The van der Waals surface area contributed by atoms with Gasteiger partial charge >= 0.3 is 0 Å². The van der Waals surface area contributed by atoms with Crippen molar-refractivity contribution in [2.45, 2.75) is 0 Å². The molecule has 0 aromatic carbocycles. The summed E-state index contributed by atoms with van der Waals surface area (Å²) in [6, 6.07) is 1.70. The van der Waals surface area contributed by atoms with Gasteiger partial charge in [0.05, 0.1) is 17.6 Å². The van der Waals surface area contributed by atoms with Gasteiger partial charge in [0.1, 0.15) is 0 Å². The van der Waals surface area contributed by atoms with Gasteiger partial charge in [-0.2, -0.15) is 0 Å². The number of hydrogen-bond donors (Lipinski definition) is 3. The third kappa shape index (κ3) is 1.09. The molecule has 4 heteroatoms. The predicted octanol–water partition coefficient (Wildman–Crippen LogP) is -0.0506. The van der Waals surface area contributed by atoms with E-state index in [0.717, 1.165) is 0 Å². The van der Waals surface area contributed by atoms with Crippen molar-refractivity contribution >= 4 is 11.4 Å². The number of rotatable bonds is 1. The monoisotopic (exact) mass is 124 g/mol. The first-order valence-corrected chi connectivity index (χ1v) is 2.50. The predicted molar refractivity (Wildman–Crippen MR) is 36.5 cm³/mol. The van der Waals surface area contributed by atoms with E-state index in [-0.39, 0.29) is 0 Å². The Bertz CT molecular complexity index is 198. The summed E-state index contributed by atoms with van der Waals surface area (Å²) >= 11 is 0. The third-order valence-corrected chi connectivity index (χ3v) is 1.01. The number of anilines is 2. The van der Waals surface area contributed by atoms with Crippen LogP contribution in [0.1, 0.15) is 0 Å². The van der Waals surface area contributed by atoms with Gasteiger partial charge in [0.25, 0.3) is 0 Å². The number of aromatic nitrogens is 1. The Morgan fingerprint density at radius 1 is 1.56 bits per heavy atom. The summed E-state index contributed by atoms with van der Waals surface area (Å²) < 4.78 is 0. The summed E-state index contributed by atoms with van der Waals surface area (Å²) in [7, 11) is 0. The Morgan fingerprint density at radius 2 is 2.33 bits per heavy atom. The first-order chi connectivity index (χ1) is 4.34. The van der Waals surface area contributed by atoms with Crippen LogP contribution in [0.2, 0.25) is 0 Å². The molecule has 0 saturated carbocycles. The topological polar surface area (TPSA) is 77.0 Å². The zero-order chi connectivity index (χ0) is 6.69. The van der Waals surface area contributed by atoms with Gasteiger partial charge in [-0.25, -0.2) is 0 Å². The van der Waals surface area contributed by atoms with Crippen LogP contribution in [-0.2, 0) is 0 Å². The molecule has 1 heterocycles. The number of nitrogen functional groups attached to an aromatic ring is 2. The Labute approximate surface area is 52.9 Å². The number of nitrogens with two attached hydrogens (primary N) is 2. The molecule has 0 amide bonds. The average molecular weight is 124 g/mol. The van der Waals surface area contributed by atoms with Gasteiger partial charge in [-0.05, 0) is 6.07 Å². The summed E-state index contributed by atoms with van der Waals surface area (Å²) in [5, 5.41) is 0. The van der Waals surface area contributed by atoms with Crippen molar-refractivity contribution in [3.63, 3.8) is 0 Å². The van der Waals surface area contributed by atoms with Crippen LogP contribution in [0.25, 0.3) is 0 Å². The van der Waals surface area contributed by atoms with Crippen molar-refractivity contribution in [1.82, 2.24) is 4.98 Å². The summed E-state index contributed by atoms with van der Waals surface area (Å²) in [5.74, 6) is 5.09. The molecule has 0 aliphatic carbocycles. The minimum absolute atomic E-state index is 0.556. The molecule has 0 spiro atoms. The third-order valence-electron chi connectivity index (χ3n) is 1.01. The zero-order valence-electron chi connectivity index (χ0n) is 4.83.